The molecule has 32 heavy (non-hydrogen) atoms. The van der Waals surface area contributed by atoms with Crippen LogP contribution < -0.4 is 4.74 Å². The summed E-state index contributed by atoms with van der Waals surface area (Å²) in [4.78, 5) is 15.6. The first-order valence-corrected chi connectivity index (χ1v) is 12.1. The molecule has 2 fully saturated rings. The Morgan fingerprint density at radius 1 is 0.938 bits per heavy atom. The van der Waals surface area contributed by atoms with Crippen LogP contribution in [0.4, 0.5) is 0 Å². The highest BCUT2D eigenvalue weighted by atomic mass is 16.5. The Balaban J connectivity index is 1.46. The van der Waals surface area contributed by atoms with Crippen molar-refractivity contribution in [2.24, 2.45) is 11.8 Å². The predicted molar refractivity (Wildman–Crippen MR) is 127 cm³/mol. The lowest BCUT2D eigenvalue weighted by Crippen LogP contribution is -2.53. The molecule has 4 rings (SSSR count). The second kappa shape index (κ2) is 10.1. The summed E-state index contributed by atoms with van der Waals surface area (Å²) in [6.45, 7) is 5.57. The summed E-state index contributed by atoms with van der Waals surface area (Å²) in [6, 6.07) is 19.5. The van der Waals surface area contributed by atoms with Crippen molar-refractivity contribution in [2.45, 2.75) is 64.1 Å². The van der Waals surface area contributed by atoms with Crippen molar-refractivity contribution in [3.8, 4) is 5.75 Å². The van der Waals surface area contributed by atoms with Crippen molar-refractivity contribution in [2.75, 3.05) is 13.1 Å². The third kappa shape index (κ3) is 4.71. The molecule has 2 atom stereocenters. The number of likely N-dealkylation sites (tertiary alicyclic amines) is 1. The summed E-state index contributed by atoms with van der Waals surface area (Å²) in [5.41, 5.74) is -0.681. The number of amides is 1. The summed E-state index contributed by atoms with van der Waals surface area (Å²) >= 11 is 0. The van der Waals surface area contributed by atoms with Crippen molar-refractivity contribution >= 4 is 5.91 Å². The van der Waals surface area contributed by atoms with Gasteiger partial charge in [0, 0.05) is 24.9 Å². The molecule has 2 aliphatic rings. The van der Waals surface area contributed by atoms with E-state index in [1.807, 2.05) is 65.6 Å². The number of hydrogen-bond acceptors (Lipinski definition) is 3. The minimum Gasteiger partial charge on any atom is -0.490 e. The number of piperidine rings is 1. The molecule has 1 N–H and O–H groups in total. The number of aliphatic hydroxyl groups is 1. The molecule has 2 unspecified atom stereocenters. The van der Waals surface area contributed by atoms with Gasteiger partial charge >= 0.3 is 0 Å². The van der Waals surface area contributed by atoms with Gasteiger partial charge in [0.1, 0.15) is 11.9 Å². The molecule has 2 aromatic rings. The Labute approximate surface area is 192 Å². The predicted octanol–water partition coefficient (Wildman–Crippen LogP) is 5.36. The number of hydrogen-bond donors (Lipinski definition) is 1. The number of benzene rings is 2. The van der Waals surface area contributed by atoms with Gasteiger partial charge in [0.25, 0.3) is 5.91 Å². The maximum absolute atomic E-state index is 13.7. The molecule has 1 saturated heterocycles. The van der Waals surface area contributed by atoms with E-state index in [4.69, 9.17) is 4.74 Å². The SMILES string of the molecule is C[C](C)C(Oc1ccccc1)C1CCN(C(=O)C(O)(c2ccccc2)C2CCCC2)CC1. The quantitative estimate of drug-likeness (QED) is 0.638. The molecule has 1 heterocycles. The Bertz CT molecular complexity index is 855. The highest BCUT2D eigenvalue weighted by Crippen LogP contribution is 2.42. The van der Waals surface area contributed by atoms with E-state index in [2.05, 4.69) is 13.8 Å². The van der Waals surface area contributed by atoms with Crippen molar-refractivity contribution in [1.29, 1.82) is 0 Å². The highest BCUT2D eigenvalue weighted by Gasteiger charge is 2.49. The molecule has 0 spiro atoms. The molecule has 4 heteroatoms. The van der Waals surface area contributed by atoms with Crippen LogP contribution in [0.25, 0.3) is 0 Å². The first-order chi connectivity index (χ1) is 15.5. The van der Waals surface area contributed by atoms with E-state index in [-0.39, 0.29) is 17.9 Å². The number of ether oxygens (including phenoxy) is 1. The van der Waals surface area contributed by atoms with Crippen molar-refractivity contribution < 1.29 is 14.6 Å². The summed E-state index contributed by atoms with van der Waals surface area (Å²) in [5, 5.41) is 11.8. The lowest BCUT2D eigenvalue weighted by Gasteiger charge is -2.42. The largest absolute Gasteiger partial charge is 0.490 e. The second-order valence-electron chi connectivity index (χ2n) is 9.67. The van der Waals surface area contributed by atoms with Gasteiger partial charge in [0.05, 0.1) is 0 Å². The first-order valence-electron chi connectivity index (χ1n) is 12.1. The van der Waals surface area contributed by atoms with Crippen LogP contribution in [-0.4, -0.2) is 35.1 Å². The van der Waals surface area contributed by atoms with Gasteiger partial charge in [-0.2, -0.15) is 0 Å². The van der Waals surface area contributed by atoms with Crippen LogP contribution in [0.1, 0.15) is 57.9 Å². The van der Waals surface area contributed by atoms with Crippen LogP contribution in [0.2, 0.25) is 0 Å². The van der Waals surface area contributed by atoms with Gasteiger partial charge in [0.2, 0.25) is 0 Å². The first kappa shape index (κ1) is 22.8. The van der Waals surface area contributed by atoms with E-state index >= 15 is 0 Å². The van der Waals surface area contributed by atoms with Gasteiger partial charge < -0.3 is 14.7 Å². The Hall–Kier alpha value is -2.33. The molecule has 2 aromatic carbocycles. The molecule has 1 radical (unpaired) electrons. The summed E-state index contributed by atoms with van der Waals surface area (Å²) in [7, 11) is 0. The molecule has 0 aromatic heterocycles. The minimum absolute atomic E-state index is 0.00416. The third-order valence-electron chi connectivity index (χ3n) is 7.32. The van der Waals surface area contributed by atoms with Gasteiger partial charge in [0.15, 0.2) is 5.60 Å². The Morgan fingerprint density at radius 2 is 1.50 bits per heavy atom. The van der Waals surface area contributed by atoms with Crippen LogP contribution in [0.5, 0.6) is 5.75 Å². The topological polar surface area (TPSA) is 49.8 Å². The zero-order valence-electron chi connectivity index (χ0n) is 19.4. The molecule has 0 bridgehead atoms. The fourth-order valence-electron chi connectivity index (χ4n) is 5.55. The zero-order valence-corrected chi connectivity index (χ0v) is 19.4. The van der Waals surface area contributed by atoms with E-state index in [0.29, 0.717) is 19.0 Å². The van der Waals surface area contributed by atoms with Crippen LogP contribution in [0.15, 0.2) is 60.7 Å². The maximum Gasteiger partial charge on any atom is 0.259 e. The summed E-state index contributed by atoms with van der Waals surface area (Å²) in [5.74, 6) is 2.38. The van der Waals surface area contributed by atoms with E-state index in [1.165, 1.54) is 5.92 Å². The van der Waals surface area contributed by atoms with Crippen molar-refractivity contribution in [1.82, 2.24) is 4.90 Å². The van der Waals surface area contributed by atoms with E-state index in [1.54, 1.807) is 0 Å². The van der Waals surface area contributed by atoms with Crippen LogP contribution >= 0.6 is 0 Å². The maximum atomic E-state index is 13.7. The fourth-order valence-corrected chi connectivity index (χ4v) is 5.55. The zero-order chi connectivity index (χ0) is 22.6. The second-order valence-corrected chi connectivity index (χ2v) is 9.67. The van der Waals surface area contributed by atoms with Gasteiger partial charge in [-0.05, 0) is 49.3 Å². The number of rotatable bonds is 7. The van der Waals surface area contributed by atoms with Crippen LogP contribution in [0.3, 0.4) is 0 Å². The highest BCUT2D eigenvalue weighted by molar-refractivity contribution is 5.87. The molecule has 1 amide bonds. The standard InChI is InChI=1S/C28H36NO3/c1-21(2)26(32-25-15-7-4-8-16-25)22-17-19-29(20-18-22)27(30)28(31,24-13-9-10-14-24)23-11-5-3-6-12-23/h3-8,11-12,15-16,22,24,26,31H,9-10,13-14,17-20H2,1-2H3. The average Bonchev–Trinajstić information content (AvgIpc) is 3.38. The van der Waals surface area contributed by atoms with Crippen LogP contribution in [-0.2, 0) is 10.4 Å². The van der Waals surface area contributed by atoms with E-state index in [0.717, 1.165) is 49.8 Å². The number of carbonyl (C=O) groups excluding carboxylic acids is 1. The lowest BCUT2D eigenvalue weighted by atomic mass is 9.78. The third-order valence-corrected chi connectivity index (χ3v) is 7.32. The molecule has 1 saturated carbocycles. The van der Waals surface area contributed by atoms with Gasteiger partial charge in [-0.3, -0.25) is 4.79 Å². The monoisotopic (exact) mass is 434 g/mol. The average molecular weight is 435 g/mol. The molecular formula is C28H36NO3. The molecule has 1 aliphatic carbocycles. The molecule has 1 aliphatic heterocycles. The molecule has 4 nitrogen and oxygen atoms in total. The summed E-state index contributed by atoms with van der Waals surface area (Å²) in [6.07, 6.45) is 5.78. The Morgan fingerprint density at radius 3 is 2.06 bits per heavy atom. The lowest BCUT2D eigenvalue weighted by molar-refractivity contribution is -0.161. The van der Waals surface area contributed by atoms with Crippen LogP contribution in [0, 0.1) is 17.8 Å². The Kier molecular flexibility index (Phi) is 7.20. The number of carbonyl (C=O) groups is 1. The van der Waals surface area contributed by atoms with Crippen molar-refractivity contribution in [3.63, 3.8) is 0 Å². The molecule has 171 valence electrons. The van der Waals surface area contributed by atoms with Crippen molar-refractivity contribution in [3.05, 3.63) is 72.1 Å². The van der Waals surface area contributed by atoms with E-state index in [9.17, 15) is 9.90 Å². The molecular weight excluding hydrogens is 398 g/mol. The van der Waals surface area contributed by atoms with Gasteiger partial charge in [-0.1, -0.05) is 75.2 Å². The summed E-state index contributed by atoms with van der Waals surface area (Å²) < 4.78 is 6.34. The van der Waals surface area contributed by atoms with E-state index < -0.39 is 5.60 Å². The smallest absolute Gasteiger partial charge is 0.259 e. The fraction of sp³-hybridized carbons (Fsp3) is 0.500. The number of nitrogens with zero attached hydrogens (tertiary/aromatic N) is 1. The minimum atomic E-state index is -1.42. The normalized spacial score (nSPS) is 20.8. The van der Waals surface area contributed by atoms with Gasteiger partial charge in [-0.25, -0.2) is 0 Å². The number of para-hydroxylation sites is 1. The van der Waals surface area contributed by atoms with Gasteiger partial charge in [-0.15, -0.1) is 0 Å².